The number of hydrogen-bond donors (Lipinski definition) is 2. The van der Waals surface area contributed by atoms with E-state index in [9.17, 15) is 4.79 Å². The highest BCUT2D eigenvalue weighted by atomic mass is 16.5. The summed E-state index contributed by atoms with van der Waals surface area (Å²) in [6, 6.07) is 10.3. The van der Waals surface area contributed by atoms with Crippen LogP contribution in [-0.4, -0.2) is 46.9 Å². The number of aromatic nitrogens is 3. The number of nitrogens with one attached hydrogen (secondary N) is 2. The highest BCUT2D eigenvalue weighted by Gasteiger charge is 2.24. The van der Waals surface area contributed by atoms with Gasteiger partial charge in [-0.15, -0.1) is 0 Å². The summed E-state index contributed by atoms with van der Waals surface area (Å²) in [5, 5.41) is 7.70. The van der Waals surface area contributed by atoms with Crippen molar-refractivity contribution in [1.82, 2.24) is 19.9 Å². The van der Waals surface area contributed by atoms with Gasteiger partial charge in [-0.1, -0.05) is 24.3 Å². The molecule has 2 aliphatic rings. The maximum atomic E-state index is 13.6. The van der Waals surface area contributed by atoms with Crippen molar-refractivity contribution in [3.8, 4) is 11.1 Å². The standard InChI is InChI=1S/C23H27N5O2/c1-15-4-2-3-5-19(15)20-12-16-13-25-23(26-17-6-9-24-10-7-17)27-21(16)28(22(20)29)18-8-11-30-14-18/h2-5,12-13,17-18,24H,6-11,14H2,1H3,(H,25,26,27)/t18-/m0/s1. The molecule has 0 bridgehead atoms. The van der Waals surface area contributed by atoms with Gasteiger partial charge in [-0.2, -0.15) is 4.98 Å². The van der Waals surface area contributed by atoms with Crippen LogP contribution in [0.2, 0.25) is 0 Å². The van der Waals surface area contributed by atoms with Gasteiger partial charge >= 0.3 is 0 Å². The number of rotatable bonds is 4. The Kier molecular flexibility index (Phi) is 5.23. The van der Waals surface area contributed by atoms with E-state index in [4.69, 9.17) is 9.72 Å². The van der Waals surface area contributed by atoms with Gasteiger partial charge in [-0.05, 0) is 56.5 Å². The number of fused-ring (bicyclic) bond motifs is 1. The average Bonchev–Trinajstić information content (AvgIpc) is 3.29. The molecule has 4 heterocycles. The van der Waals surface area contributed by atoms with E-state index in [0.29, 0.717) is 36.4 Å². The first-order valence-corrected chi connectivity index (χ1v) is 10.7. The van der Waals surface area contributed by atoms with Crippen molar-refractivity contribution in [2.24, 2.45) is 0 Å². The third-order valence-electron chi connectivity index (χ3n) is 6.15. The largest absolute Gasteiger partial charge is 0.379 e. The SMILES string of the molecule is Cc1ccccc1-c1cc2cnc(NC3CCNCC3)nc2n([C@H]2CCOC2)c1=O. The maximum Gasteiger partial charge on any atom is 0.260 e. The number of nitrogens with zero attached hydrogens (tertiary/aromatic N) is 3. The Hall–Kier alpha value is -2.77. The van der Waals surface area contributed by atoms with E-state index < -0.39 is 0 Å². The quantitative estimate of drug-likeness (QED) is 0.695. The van der Waals surface area contributed by atoms with Gasteiger partial charge in [0.25, 0.3) is 5.56 Å². The summed E-state index contributed by atoms with van der Waals surface area (Å²) in [7, 11) is 0. The number of hydrogen-bond acceptors (Lipinski definition) is 6. The molecule has 2 aliphatic heterocycles. The molecule has 5 rings (SSSR count). The van der Waals surface area contributed by atoms with Crippen LogP contribution < -0.4 is 16.2 Å². The number of piperidine rings is 1. The monoisotopic (exact) mass is 405 g/mol. The summed E-state index contributed by atoms with van der Waals surface area (Å²) in [6.07, 6.45) is 4.72. The molecule has 3 aromatic rings. The molecule has 30 heavy (non-hydrogen) atoms. The Morgan fingerprint density at radius 3 is 2.77 bits per heavy atom. The van der Waals surface area contributed by atoms with Crippen LogP contribution in [0.3, 0.4) is 0 Å². The third-order valence-corrected chi connectivity index (χ3v) is 6.15. The Balaban J connectivity index is 1.64. The molecule has 7 heteroatoms. The Morgan fingerprint density at radius 1 is 1.17 bits per heavy atom. The second-order valence-electron chi connectivity index (χ2n) is 8.21. The molecule has 0 radical (unpaired) electrons. The summed E-state index contributed by atoms with van der Waals surface area (Å²) >= 11 is 0. The highest BCUT2D eigenvalue weighted by molar-refractivity contribution is 5.82. The smallest absolute Gasteiger partial charge is 0.260 e. The minimum atomic E-state index is -0.0150. The molecule has 1 aromatic carbocycles. The average molecular weight is 406 g/mol. The summed E-state index contributed by atoms with van der Waals surface area (Å²) in [6.45, 7) is 5.22. The zero-order chi connectivity index (χ0) is 20.5. The molecule has 2 saturated heterocycles. The lowest BCUT2D eigenvalue weighted by molar-refractivity contribution is 0.186. The first-order valence-electron chi connectivity index (χ1n) is 10.7. The van der Waals surface area contributed by atoms with Gasteiger partial charge in [-0.3, -0.25) is 9.36 Å². The van der Waals surface area contributed by atoms with E-state index in [-0.39, 0.29) is 11.6 Å². The minimum Gasteiger partial charge on any atom is -0.379 e. The van der Waals surface area contributed by atoms with Gasteiger partial charge in [0.2, 0.25) is 5.95 Å². The lowest BCUT2D eigenvalue weighted by atomic mass is 10.0. The van der Waals surface area contributed by atoms with Crippen molar-refractivity contribution in [2.75, 3.05) is 31.6 Å². The van der Waals surface area contributed by atoms with Gasteiger partial charge in [0.1, 0.15) is 5.65 Å². The molecule has 2 N–H and O–H groups in total. The lowest BCUT2D eigenvalue weighted by Gasteiger charge is -2.24. The van der Waals surface area contributed by atoms with Crippen LogP contribution in [0.15, 0.2) is 41.3 Å². The molecular formula is C23H27N5O2. The molecule has 156 valence electrons. The van der Waals surface area contributed by atoms with Crippen LogP contribution in [0, 0.1) is 6.92 Å². The van der Waals surface area contributed by atoms with Gasteiger partial charge < -0.3 is 15.4 Å². The first-order chi connectivity index (χ1) is 14.7. The van der Waals surface area contributed by atoms with Crippen LogP contribution in [0.4, 0.5) is 5.95 Å². The van der Waals surface area contributed by atoms with Crippen molar-refractivity contribution in [3.05, 3.63) is 52.4 Å². The molecule has 0 amide bonds. The minimum absolute atomic E-state index is 0.00870. The molecule has 0 spiro atoms. The van der Waals surface area contributed by atoms with Crippen LogP contribution in [-0.2, 0) is 4.74 Å². The fourth-order valence-electron chi connectivity index (χ4n) is 4.47. The van der Waals surface area contributed by atoms with Gasteiger partial charge in [-0.25, -0.2) is 4.98 Å². The topological polar surface area (TPSA) is 81.1 Å². The van der Waals surface area contributed by atoms with Gasteiger partial charge in [0.15, 0.2) is 0 Å². The Morgan fingerprint density at radius 2 is 2.00 bits per heavy atom. The van der Waals surface area contributed by atoms with E-state index in [0.717, 1.165) is 48.9 Å². The van der Waals surface area contributed by atoms with Crippen molar-refractivity contribution >= 4 is 17.0 Å². The molecule has 2 aromatic heterocycles. The third kappa shape index (κ3) is 3.59. The van der Waals surface area contributed by atoms with E-state index in [1.54, 1.807) is 0 Å². The van der Waals surface area contributed by atoms with Crippen LogP contribution >= 0.6 is 0 Å². The second kappa shape index (κ2) is 8.16. The predicted molar refractivity (Wildman–Crippen MR) is 118 cm³/mol. The van der Waals surface area contributed by atoms with Crippen molar-refractivity contribution in [1.29, 1.82) is 0 Å². The molecule has 0 aliphatic carbocycles. The lowest BCUT2D eigenvalue weighted by Crippen LogP contribution is -2.35. The number of benzene rings is 1. The fraction of sp³-hybridized carbons (Fsp3) is 0.435. The maximum absolute atomic E-state index is 13.6. The van der Waals surface area contributed by atoms with Gasteiger partial charge in [0, 0.05) is 29.8 Å². The summed E-state index contributed by atoms with van der Waals surface area (Å²) in [5.41, 5.74) is 3.38. The number of pyridine rings is 1. The Labute approximate surface area is 175 Å². The van der Waals surface area contributed by atoms with E-state index in [2.05, 4.69) is 15.6 Å². The molecule has 0 unspecified atom stereocenters. The van der Waals surface area contributed by atoms with E-state index in [1.807, 2.05) is 48.0 Å². The number of ether oxygens (including phenoxy) is 1. The predicted octanol–water partition coefficient (Wildman–Crippen LogP) is 2.89. The second-order valence-corrected chi connectivity index (χ2v) is 8.21. The summed E-state index contributed by atoms with van der Waals surface area (Å²) in [4.78, 5) is 23.0. The van der Waals surface area contributed by atoms with E-state index in [1.165, 1.54) is 0 Å². The number of aryl methyl sites for hydroxylation is 1. The summed E-state index contributed by atoms with van der Waals surface area (Å²) in [5.74, 6) is 0.588. The normalized spacial score (nSPS) is 20.0. The van der Waals surface area contributed by atoms with Crippen molar-refractivity contribution in [3.63, 3.8) is 0 Å². The first kappa shape index (κ1) is 19.2. The highest BCUT2D eigenvalue weighted by Crippen LogP contribution is 2.27. The Bertz CT molecular complexity index is 1110. The fourth-order valence-corrected chi connectivity index (χ4v) is 4.47. The zero-order valence-electron chi connectivity index (χ0n) is 17.2. The van der Waals surface area contributed by atoms with Crippen molar-refractivity contribution in [2.45, 2.75) is 38.3 Å². The molecule has 2 fully saturated rings. The van der Waals surface area contributed by atoms with Crippen LogP contribution in [0.1, 0.15) is 30.9 Å². The number of anilines is 1. The zero-order valence-corrected chi connectivity index (χ0v) is 17.2. The van der Waals surface area contributed by atoms with Crippen LogP contribution in [0.25, 0.3) is 22.2 Å². The van der Waals surface area contributed by atoms with Crippen molar-refractivity contribution < 1.29 is 4.74 Å². The molecule has 0 saturated carbocycles. The summed E-state index contributed by atoms with van der Waals surface area (Å²) < 4.78 is 7.44. The molecular weight excluding hydrogens is 378 g/mol. The van der Waals surface area contributed by atoms with Crippen LogP contribution in [0.5, 0.6) is 0 Å². The molecule has 1 atom stereocenters. The van der Waals surface area contributed by atoms with Gasteiger partial charge in [0.05, 0.1) is 12.6 Å². The molecule has 7 nitrogen and oxygen atoms in total. The van der Waals surface area contributed by atoms with E-state index >= 15 is 0 Å².